The van der Waals surface area contributed by atoms with E-state index in [9.17, 15) is 9.59 Å². The van der Waals surface area contributed by atoms with E-state index in [4.69, 9.17) is 0 Å². The second-order valence-electron chi connectivity index (χ2n) is 7.68. The summed E-state index contributed by atoms with van der Waals surface area (Å²) in [6, 6.07) is -0.780. The van der Waals surface area contributed by atoms with Crippen LogP contribution >= 0.6 is 0 Å². The molecule has 0 aromatic carbocycles. The summed E-state index contributed by atoms with van der Waals surface area (Å²) < 4.78 is 0. The van der Waals surface area contributed by atoms with Crippen molar-refractivity contribution in [2.24, 2.45) is 11.3 Å². The minimum atomic E-state index is -0.431. The largest absolute Gasteiger partial charge is 0.342 e. The topological polar surface area (TPSA) is 52.7 Å². The number of carbonyl (C=O) groups excluding carboxylic acids is 2. The lowest BCUT2D eigenvalue weighted by Gasteiger charge is -2.44. The Labute approximate surface area is 129 Å². The molecule has 0 aliphatic carbocycles. The monoisotopic (exact) mass is 297 g/mol. The molecule has 0 aromatic rings. The number of hydrogen-bond acceptors (Lipinski definition) is 3. The molecule has 0 radical (unpaired) electrons. The molecule has 1 saturated heterocycles. The van der Waals surface area contributed by atoms with E-state index in [1.165, 1.54) is 0 Å². The number of hydrogen-bond donors (Lipinski definition) is 1. The molecule has 1 rings (SSSR count). The quantitative estimate of drug-likeness (QED) is 0.833. The highest BCUT2D eigenvalue weighted by atomic mass is 16.2. The van der Waals surface area contributed by atoms with Gasteiger partial charge in [-0.05, 0) is 38.4 Å². The summed E-state index contributed by atoms with van der Waals surface area (Å²) in [5.74, 6) is 0.156. The number of nitrogens with zero attached hydrogens (tertiary/aromatic N) is 2. The maximum atomic E-state index is 12.8. The van der Waals surface area contributed by atoms with E-state index in [0.29, 0.717) is 6.54 Å². The number of rotatable bonds is 5. The molecule has 0 spiro atoms. The van der Waals surface area contributed by atoms with Gasteiger partial charge in [-0.2, -0.15) is 0 Å². The Bertz CT molecular complexity index is 385. The fourth-order valence-electron chi connectivity index (χ4n) is 2.79. The molecule has 122 valence electrons. The molecule has 1 aliphatic heterocycles. The molecule has 2 unspecified atom stereocenters. The van der Waals surface area contributed by atoms with Gasteiger partial charge in [-0.25, -0.2) is 0 Å². The van der Waals surface area contributed by atoms with Gasteiger partial charge in [-0.3, -0.25) is 9.59 Å². The fourth-order valence-corrected chi connectivity index (χ4v) is 2.79. The number of nitrogens with one attached hydrogen (secondary N) is 1. The highest BCUT2D eigenvalue weighted by Crippen LogP contribution is 2.27. The van der Waals surface area contributed by atoms with E-state index < -0.39 is 6.04 Å². The zero-order chi connectivity index (χ0) is 16.4. The third kappa shape index (κ3) is 4.43. The van der Waals surface area contributed by atoms with Gasteiger partial charge >= 0.3 is 0 Å². The summed E-state index contributed by atoms with van der Waals surface area (Å²) in [4.78, 5) is 29.1. The molecule has 0 bridgehead atoms. The van der Waals surface area contributed by atoms with Gasteiger partial charge in [0.2, 0.25) is 11.8 Å². The van der Waals surface area contributed by atoms with Gasteiger partial charge in [0.1, 0.15) is 12.1 Å². The molecular formula is C16H31N3O2. The Balaban J connectivity index is 2.93. The van der Waals surface area contributed by atoms with Crippen molar-refractivity contribution in [3.63, 3.8) is 0 Å². The van der Waals surface area contributed by atoms with Crippen molar-refractivity contribution in [1.82, 2.24) is 15.1 Å². The van der Waals surface area contributed by atoms with Crippen LogP contribution in [0.3, 0.4) is 0 Å². The van der Waals surface area contributed by atoms with Crippen LogP contribution in [-0.2, 0) is 9.59 Å². The first-order valence-electron chi connectivity index (χ1n) is 7.81. The van der Waals surface area contributed by atoms with Crippen LogP contribution in [0.4, 0.5) is 0 Å². The molecule has 0 aromatic heterocycles. The van der Waals surface area contributed by atoms with Gasteiger partial charge in [0.05, 0.1) is 0 Å². The van der Waals surface area contributed by atoms with Gasteiger partial charge in [0.25, 0.3) is 0 Å². The summed E-state index contributed by atoms with van der Waals surface area (Å²) >= 11 is 0. The zero-order valence-corrected chi connectivity index (χ0v) is 14.6. The molecular weight excluding hydrogens is 266 g/mol. The van der Waals surface area contributed by atoms with E-state index in [1.807, 2.05) is 48.7 Å². The first-order chi connectivity index (χ1) is 9.55. The summed E-state index contributed by atoms with van der Waals surface area (Å²) in [7, 11) is 4.03. The Hall–Kier alpha value is -1.10. The predicted octanol–water partition coefficient (Wildman–Crippen LogP) is 1.34. The number of amides is 2. The lowest BCUT2D eigenvalue weighted by Crippen LogP contribution is -2.67. The Kier molecular flexibility index (Phi) is 5.79. The second-order valence-corrected chi connectivity index (χ2v) is 7.68. The molecule has 1 heterocycles. The smallest absolute Gasteiger partial charge is 0.246 e. The summed E-state index contributed by atoms with van der Waals surface area (Å²) in [6.45, 7) is 11.5. The molecule has 1 fully saturated rings. The van der Waals surface area contributed by atoms with Gasteiger partial charge < -0.3 is 15.1 Å². The van der Waals surface area contributed by atoms with Gasteiger partial charge in [-0.1, -0.05) is 34.6 Å². The van der Waals surface area contributed by atoms with Crippen molar-refractivity contribution >= 4 is 11.8 Å². The summed E-state index contributed by atoms with van der Waals surface area (Å²) in [5, 5.41) is 2.93. The van der Waals surface area contributed by atoms with Crippen LogP contribution < -0.4 is 5.32 Å². The molecule has 2 atom stereocenters. The summed E-state index contributed by atoms with van der Waals surface area (Å²) in [6.07, 6.45) is 0.881. The van der Waals surface area contributed by atoms with Crippen LogP contribution in [-0.4, -0.2) is 60.9 Å². The molecule has 21 heavy (non-hydrogen) atoms. The lowest BCUT2D eigenvalue weighted by atomic mass is 9.82. The average Bonchev–Trinajstić information content (AvgIpc) is 2.30. The average molecular weight is 297 g/mol. The SMILES string of the molecule is CC(C)C1C(=O)NC(C(C)(C)C)C(=O)N1CCCN(C)C. The van der Waals surface area contributed by atoms with Crippen LogP contribution in [0, 0.1) is 11.3 Å². The van der Waals surface area contributed by atoms with E-state index in [2.05, 4.69) is 10.2 Å². The highest BCUT2D eigenvalue weighted by molar-refractivity contribution is 5.97. The van der Waals surface area contributed by atoms with E-state index in [0.717, 1.165) is 13.0 Å². The molecule has 5 nitrogen and oxygen atoms in total. The minimum Gasteiger partial charge on any atom is -0.342 e. The standard InChI is InChI=1S/C16H31N3O2/c1-11(2)12-14(20)17-13(16(3,4)5)15(21)19(12)10-8-9-18(6)7/h11-13H,8-10H2,1-7H3,(H,17,20). The molecule has 2 amide bonds. The first-order valence-corrected chi connectivity index (χ1v) is 7.81. The van der Waals surface area contributed by atoms with Crippen molar-refractivity contribution in [2.45, 2.75) is 53.1 Å². The van der Waals surface area contributed by atoms with Gasteiger partial charge in [-0.15, -0.1) is 0 Å². The first kappa shape index (κ1) is 18.0. The molecule has 5 heteroatoms. The lowest BCUT2D eigenvalue weighted by molar-refractivity contribution is -0.154. The van der Waals surface area contributed by atoms with Crippen molar-refractivity contribution in [2.75, 3.05) is 27.2 Å². The minimum absolute atomic E-state index is 0.0191. The third-order valence-electron chi connectivity index (χ3n) is 3.92. The molecule has 1 N–H and O–H groups in total. The Morgan fingerprint density at radius 3 is 2.24 bits per heavy atom. The normalized spacial score (nSPS) is 24.0. The Morgan fingerprint density at radius 2 is 1.81 bits per heavy atom. The van der Waals surface area contributed by atoms with Crippen LogP contribution in [0.1, 0.15) is 41.0 Å². The maximum Gasteiger partial charge on any atom is 0.246 e. The van der Waals surface area contributed by atoms with Crippen LogP contribution in [0.2, 0.25) is 0 Å². The fraction of sp³-hybridized carbons (Fsp3) is 0.875. The highest BCUT2D eigenvalue weighted by Gasteiger charge is 2.45. The zero-order valence-electron chi connectivity index (χ0n) is 14.6. The van der Waals surface area contributed by atoms with Crippen molar-refractivity contribution in [3.05, 3.63) is 0 Å². The van der Waals surface area contributed by atoms with Crippen molar-refractivity contribution in [1.29, 1.82) is 0 Å². The van der Waals surface area contributed by atoms with E-state index in [-0.39, 0.29) is 29.2 Å². The van der Waals surface area contributed by atoms with Gasteiger partial charge in [0.15, 0.2) is 0 Å². The second kappa shape index (κ2) is 6.77. The molecule has 1 aliphatic rings. The van der Waals surface area contributed by atoms with Crippen LogP contribution in [0.25, 0.3) is 0 Å². The molecule has 0 saturated carbocycles. The van der Waals surface area contributed by atoms with E-state index in [1.54, 1.807) is 4.90 Å². The number of piperazine rings is 1. The maximum absolute atomic E-state index is 12.8. The van der Waals surface area contributed by atoms with Crippen molar-refractivity contribution in [3.8, 4) is 0 Å². The van der Waals surface area contributed by atoms with Crippen LogP contribution in [0.15, 0.2) is 0 Å². The Morgan fingerprint density at radius 1 is 1.24 bits per heavy atom. The predicted molar refractivity (Wildman–Crippen MR) is 84.9 cm³/mol. The van der Waals surface area contributed by atoms with Crippen LogP contribution in [0.5, 0.6) is 0 Å². The number of carbonyl (C=O) groups is 2. The summed E-state index contributed by atoms with van der Waals surface area (Å²) in [5.41, 5.74) is -0.269. The third-order valence-corrected chi connectivity index (χ3v) is 3.92. The van der Waals surface area contributed by atoms with Gasteiger partial charge in [0, 0.05) is 6.54 Å². The van der Waals surface area contributed by atoms with Crippen molar-refractivity contribution < 1.29 is 9.59 Å². The van der Waals surface area contributed by atoms with E-state index >= 15 is 0 Å².